The number of carbonyl (C=O) groups excluding carboxylic acids is 1. The fraction of sp³-hybridized carbons (Fsp3) is 0.438. The van der Waals surface area contributed by atoms with Gasteiger partial charge in [-0.2, -0.15) is 0 Å². The molecule has 0 aliphatic rings. The van der Waals surface area contributed by atoms with Crippen molar-refractivity contribution in [2.45, 2.75) is 33.2 Å². The van der Waals surface area contributed by atoms with Crippen molar-refractivity contribution in [2.75, 3.05) is 6.54 Å². The Labute approximate surface area is 118 Å². The summed E-state index contributed by atoms with van der Waals surface area (Å²) >= 11 is 1.76. The number of thiophene rings is 1. The molecule has 2 rings (SSSR count). The molecular formula is C16H21NOS. The summed E-state index contributed by atoms with van der Waals surface area (Å²) < 4.78 is 1.30. The van der Waals surface area contributed by atoms with Crippen molar-refractivity contribution in [1.29, 1.82) is 0 Å². The van der Waals surface area contributed by atoms with Gasteiger partial charge in [0.05, 0.1) is 6.04 Å². The highest BCUT2D eigenvalue weighted by atomic mass is 32.1. The van der Waals surface area contributed by atoms with E-state index in [2.05, 4.69) is 35.0 Å². The van der Waals surface area contributed by atoms with Gasteiger partial charge < -0.3 is 5.32 Å². The van der Waals surface area contributed by atoms with Crippen LogP contribution in [0.3, 0.4) is 0 Å². The van der Waals surface area contributed by atoms with Crippen molar-refractivity contribution >= 4 is 27.2 Å². The summed E-state index contributed by atoms with van der Waals surface area (Å²) in [6.07, 6.45) is 0.787. The van der Waals surface area contributed by atoms with Crippen LogP contribution in [-0.2, 0) is 11.2 Å². The molecule has 0 bridgehead atoms. The Morgan fingerprint density at radius 1 is 1.32 bits per heavy atom. The second kappa shape index (κ2) is 6.31. The van der Waals surface area contributed by atoms with E-state index in [9.17, 15) is 4.79 Å². The number of Topliss-reactive ketones (excluding diaryl/α,β-unsaturated/α-hetero) is 1. The first kappa shape index (κ1) is 14.2. The van der Waals surface area contributed by atoms with E-state index in [1.807, 2.05) is 20.8 Å². The number of benzene rings is 1. The summed E-state index contributed by atoms with van der Waals surface area (Å²) in [5.74, 6) is 0.381. The summed E-state index contributed by atoms with van der Waals surface area (Å²) in [6, 6.07) is 8.33. The van der Waals surface area contributed by atoms with Crippen molar-refractivity contribution in [3.8, 4) is 0 Å². The zero-order chi connectivity index (χ0) is 13.8. The molecule has 1 aromatic heterocycles. The van der Waals surface area contributed by atoms with Crippen LogP contribution in [0.2, 0.25) is 0 Å². The second-order valence-electron chi connectivity index (χ2n) is 5.13. The topological polar surface area (TPSA) is 29.1 Å². The maximum absolute atomic E-state index is 12.2. The molecule has 2 aromatic rings. The number of hydrogen-bond donors (Lipinski definition) is 1. The predicted octanol–water partition coefficient (Wildman–Crippen LogP) is 3.65. The van der Waals surface area contributed by atoms with Crippen molar-refractivity contribution in [1.82, 2.24) is 5.32 Å². The minimum Gasteiger partial charge on any atom is -0.307 e. The molecule has 102 valence electrons. The normalized spacial score (nSPS) is 13.1. The molecule has 0 saturated carbocycles. The monoisotopic (exact) mass is 275 g/mol. The van der Waals surface area contributed by atoms with Gasteiger partial charge in [-0.25, -0.2) is 0 Å². The van der Waals surface area contributed by atoms with Crippen LogP contribution in [0.1, 0.15) is 26.3 Å². The average Bonchev–Trinajstić information content (AvgIpc) is 2.81. The van der Waals surface area contributed by atoms with E-state index < -0.39 is 0 Å². The fourth-order valence-electron chi connectivity index (χ4n) is 2.33. The Balaban J connectivity index is 2.23. The number of rotatable bonds is 6. The van der Waals surface area contributed by atoms with E-state index >= 15 is 0 Å². The highest BCUT2D eigenvalue weighted by molar-refractivity contribution is 7.17. The van der Waals surface area contributed by atoms with E-state index in [0.717, 1.165) is 13.0 Å². The van der Waals surface area contributed by atoms with Crippen LogP contribution in [0.4, 0.5) is 0 Å². The van der Waals surface area contributed by atoms with Gasteiger partial charge in [0, 0.05) is 10.6 Å². The minimum absolute atomic E-state index is 0.0667. The maximum atomic E-state index is 12.2. The number of fused-ring (bicyclic) bond motifs is 1. The van der Waals surface area contributed by atoms with Crippen molar-refractivity contribution in [3.63, 3.8) is 0 Å². The molecule has 0 spiro atoms. The van der Waals surface area contributed by atoms with Gasteiger partial charge in [-0.05, 0) is 35.4 Å². The first-order valence-electron chi connectivity index (χ1n) is 6.85. The van der Waals surface area contributed by atoms with Gasteiger partial charge in [0.25, 0.3) is 0 Å². The van der Waals surface area contributed by atoms with Crippen LogP contribution in [0.5, 0.6) is 0 Å². The quantitative estimate of drug-likeness (QED) is 0.872. The molecule has 0 fully saturated rings. The Kier molecular flexibility index (Phi) is 4.72. The van der Waals surface area contributed by atoms with Crippen LogP contribution in [-0.4, -0.2) is 18.4 Å². The fourth-order valence-corrected chi connectivity index (χ4v) is 3.31. The molecule has 0 aliphatic heterocycles. The van der Waals surface area contributed by atoms with Crippen LogP contribution in [0.25, 0.3) is 10.1 Å². The Hall–Kier alpha value is -1.19. The number of hydrogen-bond acceptors (Lipinski definition) is 3. The predicted molar refractivity (Wildman–Crippen MR) is 82.8 cm³/mol. The number of likely N-dealkylation sites (N-methyl/N-ethyl adjacent to an activating group) is 1. The average molecular weight is 275 g/mol. The van der Waals surface area contributed by atoms with E-state index in [0.29, 0.717) is 5.78 Å². The molecule has 1 aromatic carbocycles. The van der Waals surface area contributed by atoms with Crippen molar-refractivity contribution in [2.24, 2.45) is 5.92 Å². The lowest BCUT2D eigenvalue weighted by atomic mass is 9.95. The van der Waals surface area contributed by atoms with Crippen LogP contribution < -0.4 is 5.32 Å². The largest absolute Gasteiger partial charge is 0.307 e. The molecular weight excluding hydrogens is 254 g/mol. The molecule has 0 aliphatic carbocycles. The standard InChI is InChI=1S/C16H21NOS/c1-4-17-14(16(18)11(2)3)9-12-10-19-15-8-6-5-7-13(12)15/h5-8,10-11,14,17H,4,9H2,1-3H3. The summed E-state index contributed by atoms with van der Waals surface area (Å²) in [4.78, 5) is 12.2. The summed E-state index contributed by atoms with van der Waals surface area (Å²) in [7, 11) is 0. The first-order chi connectivity index (χ1) is 9.13. The van der Waals surface area contributed by atoms with Gasteiger partial charge >= 0.3 is 0 Å². The first-order valence-corrected chi connectivity index (χ1v) is 7.73. The van der Waals surface area contributed by atoms with Gasteiger partial charge in [-0.1, -0.05) is 39.0 Å². The Morgan fingerprint density at radius 3 is 2.74 bits per heavy atom. The highest BCUT2D eigenvalue weighted by Crippen LogP contribution is 2.26. The zero-order valence-electron chi connectivity index (χ0n) is 11.8. The number of carbonyl (C=O) groups is 1. The lowest BCUT2D eigenvalue weighted by Gasteiger charge is -2.18. The minimum atomic E-state index is -0.0667. The molecule has 1 heterocycles. The van der Waals surface area contributed by atoms with Crippen LogP contribution in [0.15, 0.2) is 29.6 Å². The van der Waals surface area contributed by atoms with E-state index in [4.69, 9.17) is 0 Å². The van der Waals surface area contributed by atoms with E-state index in [1.165, 1.54) is 15.6 Å². The highest BCUT2D eigenvalue weighted by Gasteiger charge is 2.21. The molecule has 3 heteroatoms. The lowest BCUT2D eigenvalue weighted by Crippen LogP contribution is -2.40. The third kappa shape index (κ3) is 3.23. The molecule has 2 nitrogen and oxygen atoms in total. The summed E-state index contributed by atoms with van der Waals surface area (Å²) in [5, 5.41) is 6.79. The molecule has 1 unspecified atom stereocenters. The van der Waals surface area contributed by atoms with E-state index in [-0.39, 0.29) is 12.0 Å². The van der Waals surface area contributed by atoms with Crippen LogP contribution in [0, 0.1) is 5.92 Å². The van der Waals surface area contributed by atoms with E-state index in [1.54, 1.807) is 11.3 Å². The third-order valence-electron chi connectivity index (χ3n) is 3.35. The van der Waals surface area contributed by atoms with Crippen molar-refractivity contribution in [3.05, 3.63) is 35.2 Å². The molecule has 19 heavy (non-hydrogen) atoms. The second-order valence-corrected chi connectivity index (χ2v) is 6.04. The SMILES string of the molecule is CCNC(Cc1csc2ccccc12)C(=O)C(C)C. The zero-order valence-corrected chi connectivity index (χ0v) is 12.6. The van der Waals surface area contributed by atoms with Gasteiger partial charge in [-0.3, -0.25) is 4.79 Å². The summed E-state index contributed by atoms with van der Waals surface area (Å²) in [5.41, 5.74) is 1.28. The maximum Gasteiger partial charge on any atom is 0.152 e. The Morgan fingerprint density at radius 2 is 2.05 bits per heavy atom. The van der Waals surface area contributed by atoms with Gasteiger partial charge in [0.15, 0.2) is 5.78 Å². The lowest BCUT2D eigenvalue weighted by molar-refractivity contribution is -0.123. The smallest absolute Gasteiger partial charge is 0.152 e. The van der Waals surface area contributed by atoms with Gasteiger partial charge in [0.2, 0.25) is 0 Å². The van der Waals surface area contributed by atoms with Gasteiger partial charge in [-0.15, -0.1) is 11.3 Å². The molecule has 1 atom stereocenters. The number of ketones is 1. The summed E-state index contributed by atoms with van der Waals surface area (Å²) in [6.45, 7) is 6.81. The van der Waals surface area contributed by atoms with Gasteiger partial charge in [0.1, 0.15) is 0 Å². The molecule has 0 radical (unpaired) electrons. The molecule has 1 N–H and O–H groups in total. The Bertz CT molecular complexity index is 559. The molecule has 0 amide bonds. The third-order valence-corrected chi connectivity index (χ3v) is 4.36. The molecule has 0 saturated heterocycles. The van der Waals surface area contributed by atoms with Crippen molar-refractivity contribution < 1.29 is 4.79 Å². The van der Waals surface area contributed by atoms with Crippen LogP contribution >= 0.6 is 11.3 Å². The number of nitrogens with one attached hydrogen (secondary N) is 1.